The summed E-state index contributed by atoms with van der Waals surface area (Å²) < 4.78 is 10.2. The number of cyclic esters (lactones) is 2. The third-order valence-electron chi connectivity index (χ3n) is 2.67. The fourth-order valence-corrected chi connectivity index (χ4v) is 1.98. The summed E-state index contributed by atoms with van der Waals surface area (Å²) in [4.78, 5) is 13.4. The van der Waals surface area contributed by atoms with Crippen LogP contribution in [-0.4, -0.2) is 31.5 Å². The van der Waals surface area contributed by atoms with Crippen molar-refractivity contribution in [3.63, 3.8) is 0 Å². The van der Waals surface area contributed by atoms with Crippen LogP contribution in [0, 0.1) is 0 Å². The molecule has 1 aliphatic rings. The van der Waals surface area contributed by atoms with Crippen molar-refractivity contribution in [2.24, 2.45) is 0 Å². The van der Waals surface area contributed by atoms with Crippen LogP contribution in [0.15, 0.2) is 30.3 Å². The molecule has 2 rings (SSSR count). The molecule has 0 spiro atoms. The van der Waals surface area contributed by atoms with E-state index in [0.717, 1.165) is 5.69 Å². The summed E-state index contributed by atoms with van der Waals surface area (Å²) in [5.74, 6) is 0. The minimum Gasteiger partial charge on any atom is -0.429 e. The summed E-state index contributed by atoms with van der Waals surface area (Å²) in [5, 5.41) is 0. The Kier molecular flexibility index (Phi) is 3.52. The third-order valence-corrected chi connectivity index (χ3v) is 2.67. The van der Waals surface area contributed by atoms with E-state index in [2.05, 4.69) is 4.90 Å². The molecule has 17 heavy (non-hydrogen) atoms. The summed E-state index contributed by atoms with van der Waals surface area (Å²) in [5.41, 5.74) is 1.12. The van der Waals surface area contributed by atoms with Crippen molar-refractivity contribution >= 4 is 11.8 Å². The lowest BCUT2D eigenvalue weighted by Crippen LogP contribution is -2.42. The number of anilines is 1. The molecule has 1 fully saturated rings. The summed E-state index contributed by atoms with van der Waals surface area (Å²) in [6.07, 6.45) is -0.914. The van der Waals surface area contributed by atoms with Gasteiger partial charge in [0.1, 0.15) is 12.2 Å². The molecule has 1 aromatic carbocycles. The second kappa shape index (κ2) is 5.08. The zero-order chi connectivity index (χ0) is 12.3. The van der Waals surface area contributed by atoms with Gasteiger partial charge in [0.25, 0.3) is 0 Å². The monoisotopic (exact) mass is 235 g/mol. The van der Waals surface area contributed by atoms with Gasteiger partial charge in [0.2, 0.25) is 0 Å². The number of para-hydroxylation sites is 1. The van der Waals surface area contributed by atoms with E-state index in [4.69, 9.17) is 9.47 Å². The molecule has 1 heterocycles. The highest BCUT2D eigenvalue weighted by atomic mass is 16.7. The van der Waals surface area contributed by atoms with Crippen LogP contribution < -0.4 is 4.90 Å². The number of benzene rings is 1. The van der Waals surface area contributed by atoms with Crippen LogP contribution >= 0.6 is 0 Å². The topological polar surface area (TPSA) is 38.8 Å². The fourth-order valence-electron chi connectivity index (χ4n) is 1.98. The molecule has 0 radical (unpaired) electrons. The maximum Gasteiger partial charge on any atom is 0.508 e. The molecule has 1 saturated heterocycles. The van der Waals surface area contributed by atoms with Crippen molar-refractivity contribution in [1.29, 1.82) is 0 Å². The van der Waals surface area contributed by atoms with Gasteiger partial charge in [-0.2, -0.15) is 0 Å². The van der Waals surface area contributed by atoms with E-state index in [0.29, 0.717) is 13.1 Å². The Hall–Kier alpha value is -1.71. The predicted octanol–water partition coefficient (Wildman–Crippen LogP) is 2.44. The van der Waals surface area contributed by atoms with Gasteiger partial charge in [-0.1, -0.05) is 18.2 Å². The van der Waals surface area contributed by atoms with Gasteiger partial charge < -0.3 is 14.4 Å². The first-order chi connectivity index (χ1) is 8.15. The maximum atomic E-state index is 11.2. The van der Waals surface area contributed by atoms with Gasteiger partial charge in [-0.15, -0.1) is 0 Å². The third kappa shape index (κ3) is 3.12. The zero-order valence-electron chi connectivity index (χ0n) is 10.1. The van der Waals surface area contributed by atoms with Gasteiger partial charge in [-0.05, 0) is 26.0 Å². The predicted molar refractivity (Wildman–Crippen MR) is 65.1 cm³/mol. The van der Waals surface area contributed by atoms with Gasteiger partial charge in [-0.3, -0.25) is 0 Å². The molecule has 1 aliphatic heterocycles. The highest BCUT2D eigenvalue weighted by Crippen LogP contribution is 2.17. The molecule has 4 heteroatoms. The average Bonchev–Trinajstić information content (AvgIpc) is 2.27. The quantitative estimate of drug-likeness (QED) is 0.701. The highest BCUT2D eigenvalue weighted by molar-refractivity contribution is 5.61. The van der Waals surface area contributed by atoms with Crippen LogP contribution in [0.25, 0.3) is 0 Å². The van der Waals surface area contributed by atoms with Crippen molar-refractivity contribution in [3.8, 4) is 0 Å². The standard InChI is InChI=1S/C13H17NO3/c1-10-8-14(12-6-4-3-5-7-12)9-11(2)17-13(15)16-10/h3-7,10-11H,8-9H2,1-2H3/t10-,11+. The number of carbonyl (C=O) groups excluding carboxylic acids is 1. The normalized spacial score (nSPS) is 25.5. The van der Waals surface area contributed by atoms with Crippen LogP contribution in [0.1, 0.15) is 13.8 Å². The molecular formula is C13H17NO3. The lowest BCUT2D eigenvalue weighted by Gasteiger charge is -2.32. The summed E-state index contributed by atoms with van der Waals surface area (Å²) in [6, 6.07) is 10.1. The number of ether oxygens (including phenoxy) is 2. The van der Waals surface area contributed by atoms with Crippen LogP contribution in [0.4, 0.5) is 10.5 Å². The lowest BCUT2D eigenvalue weighted by molar-refractivity contribution is 0.00130. The van der Waals surface area contributed by atoms with E-state index in [1.165, 1.54) is 0 Å². The summed E-state index contributed by atoms with van der Waals surface area (Å²) in [6.45, 7) is 5.10. The SMILES string of the molecule is C[C@@H]1CN(c2ccccc2)C[C@H](C)OC(=O)O1. The van der Waals surface area contributed by atoms with E-state index in [9.17, 15) is 4.79 Å². The van der Waals surface area contributed by atoms with Crippen LogP contribution in [0.3, 0.4) is 0 Å². The number of rotatable bonds is 1. The number of carbonyl (C=O) groups is 1. The molecule has 92 valence electrons. The van der Waals surface area contributed by atoms with Gasteiger partial charge in [-0.25, -0.2) is 4.79 Å². The Morgan fingerprint density at radius 1 is 1.06 bits per heavy atom. The molecule has 4 nitrogen and oxygen atoms in total. The largest absolute Gasteiger partial charge is 0.508 e. The maximum absolute atomic E-state index is 11.2. The van der Waals surface area contributed by atoms with Gasteiger partial charge in [0.05, 0.1) is 13.1 Å². The molecule has 0 aliphatic carbocycles. The van der Waals surface area contributed by atoms with Gasteiger partial charge in [0.15, 0.2) is 0 Å². The second-order valence-electron chi connectivity index (χ2n) is 4.35. The number of nitrogens with zero attached hydrogens (tertiary/aromatic N) is 1. The molecule has 1 aromatic rings. The number of hydrogen-bond acceptors (Lipinski definition) is 4. The van der Waals surface area contributed by atoms with E-state index >= 15 is 0 Å². The first-order valence-corrected chi connectivity index (χ1v) is 5.82. The van der Waals surface area contributed by atoms with Crippen molar-refractivity contribution in [2.75, 3.05) is 18.0 Å². The first kappa shape index (κ1) is 11.8. The van der Waals surface area contributed by atoms with E-state index in [1.54, 1.807) is 0 Å². The van der Waals surface area contributed by atoms with Crippen molar-refractivity contribution in [3.05, 3.63) is 30.3 Å². The second-order valence-corrected chi connectivity index (χ2v) is 4.35. The zero-order valence-corrected chi connectivity index (χ0v) is 10.1. The van der Waals surface area contributed by atoms with Crippen molar-refractivity contribution < 1.29 is 14.3 Å². The molecule has 0 unspecified atom stereocenters. The molecule has 2 atom stereocenters. The Bertz CT molecular complexity index is 364. The summed E-state index contributed by atoms with van der Waals surface area (Å²) >= 11 is 0. The highest BCUT2D eigenvalue weighted by Gasteiger charge is 2.23. The van der Waals surface area contributed by atoms with E-state index in [-0.39, 0.29) is 12.2 Å². The molecule has 0 amide bonds. The van der Waals surface area contributed by atoms with E-state index in [1.807, 2.05) is 44.2 Å². The number of hydrogen-bond donors (Lipinski definition) is 0. The molecule has 0 aromatic heterocycles. The van der Waals surface area contributed by atoms with Crippen molar-refractivity contribution in [1.82, 2.24) is 0 Å². The van der Waals surface area contributed by atoms with Crippen LogP contribution in [0.2, 0.25) is 0 Å². The average molecular weight is 235 g/mol. The van der Waals surface area contributed by atoms with Crippen LogP contribution in [0.5, 0.6) is 0 Å². The van der Waals surface area contributed by atoms with Gasteiger partial charge >= 0.3 is 6.16 Å². The Labute approximate surface area is 101 Å². The van der Waals surface area contributed by atoms with Crippen molar-refractivity contribution in [2.45, 2.75) is 26.1 Å². The Morgan fingerprint density at radius 3 is 2.12 bits per heavy atom. The molecule has 0 N–H and O–H groups in total. The minimum absolute atomic E-state index is 0.171. The minimum atomic E-state index is -0.572. The summed E-state index contributed by atoms with van der Waals surface area (Å²) in [7, 11) is 0. The molecule has 0 saturated carbocycles. The first-order valence-electron chi connectivity index (χ1n) is 5.82. The Balaban J connectivity index is 2.13. The smallest absolute Gasteiger partial charge is 0.429 e. The van der Waals surface area contributed by atoms with Gasteiger partial charge in [0, 0.05) is 5.69 Å². The molecular weight excluding hydrogens is 218 g/mol. The molecule has 0 bridgehead atoms. The van der Waals surface area contributed by atoms with E-state index < -0.39 is 6.16 Å². The fraction of sp³-hybridized carbons (Fsp3) is 0.462. The lowest BCUT2D eigenvalue weighted by atomic mass is 10.2. The Morgan fingerprint density at radius 2 is 1.59 bits per heavy atom. The van der Waals surface area contributed by atoms with Crippen LogP contribution in [-0.2, 0) is 9.47 Å².